The second-order valence-corrected chi connectivity index (χ2v) is 21.3. The van der Waals surface area contributed by atoms with E-state index in [1.165, 1.54) is 0 Å². The molecule has 0 aromatic heterocycles. The highest BCUT2D eigenvalue weighted by molar-refractivity contribution is 7.99. The molecule has 1 heterocycles. The van der Waals surface area contributed by atoms with Crippen molar-refractivity contribution in [3.63, 3.8) is 0 Å². The molecule has 0 spiro atoms. The van der Waals surface area contributed by atoms with Gasteiger partial charge in [-0.05, 0) is 72.2 Å². The fourth-order valence-electron chi connectivity index (χ4n) is 6.10. The molecule has 5 aromatic rings. The lowest BCUT2D eigenvalue weighted by Crippen LogP contribution is -2.65. The average molecular weight is 819 g/mol. The van der Waals surface area contributed by atoms with Gasteiger partial charge >= 0.3 is 17.9 Å². The summed E-state index contributed by atoms with van der Waals surface area (Å²) in [6.45, 7) is 10.2. The van der Waals surface area contributed by atoms with Gasteiger partial charge in [-0.15, -0.1) is 11.8 Å². The Balaban J connectivity index is 1.46. The molecule has 6 atom stereocenters. The zero-order chi connectivity index (χ0) is 41.1. The number of carbonyl (C=O) groups is 3. The van der Waals surface area contributed by atoms with Gasteiger partial charge in [-0.25, -0.2) is 14.4 Å². The lowest BCUT2D eigenvalue weighted by atomic mass is 9.97. The molecule has 1 fully saturated rings. The second kappa shape index (κ2) is 19.6. The van der Waals surface area contributed by atoms with Crippen LogP contribution in [0.4, 0.5) is 0 Å². The van der Waals surface area contributed by atoms with E-state index in [1.54, 1.807) is 103 Å². The Bertz CT molecular complexity index is 2060. The largest absolute Gasteiger partial charge is 0.459 e. The molecule has 5 aromatic carbocycles. The van der Waals surface area contributed by atoms with Crippen molar-refractivity contribution >= 4 is 38.0 Å². The van der Waals surface area contributed by atoms with Gasteiger partial charge in [0, 0.05) is 10.6 Å². The van der Waals surface area contributed by atoms with E-state index in [2.05, 4.69) is 33.9 Å². The van der Waals surface area contributed by atoms with E-state index in [0.717, 1.165) is 10.5 Å². The van der Waals surface area contributed by atoms with Crippen LogP contribution in [0.5, 0.6) is 0 Å². The highest BCUT2D eigenvalue weighted by atomic mass is 32.2. The Labute approximate surface area is 346 Å². The normalized spacial score (nSPS) is 20.1. The van der Waals surface area contributed by atoms with Crippen molar-refractivity contribution in [1.29, 1.82) is 0 Å². The molecule has 0 amide bonds. The van der Waals surface area contributed by atoms with E-state index in [4.69, 9.17) is 28.1 Å². The first-order valence-corrected chi connectivity index (χ1v) is 23.2. The van der Waals surface area contributed by atoms with Crippen molar-refractivity contribution in [2.45, 2.75) is 80.6 Å². The number of benzene rings is 5. The topological polar surface area (TPSA) is 107 Å². The van der Waals surface area contributed by atoms with Crippen LogP contribution in [-0.4, -0.2) is 69.3 Å². The highest BCUT2D eigenvalue weighted by Crippen LogP contribution is 2.42. The Morgan fingerprint density at radius 1 is 0.621 bits per heavy atom. The zero-order valence-electron chi connectivity index (χ0n) is 33.4. The summed E-state index contributed by atoms with van der Waals surface area (Å²) in [4.78, 5) is 42.5. The molecule has 6 rings (SSSR count). The van der Waals surface area contributed by atoms with Crippen molar-refractivity contribution < 1.29 is 42.5 Å². The van der Waals surface area contributed by atoms with Crippen LogP contribution in [0, 0.1) is 0 Å². The number of thioether (sulfide) groups is 1. The Kier molecular flexibility index (Phi) is 14.4. The van der Waals surface area contributed by atoms with Gasteiger partial charge in [0.2, 0.25) is 0 Å². The SMILES string of the molecule is CC(C)(C)[Si](C)(C)O[C@@H]1O[C@H](COC(=O)c2ccccc2)[C@H](OC(=O)c2ccccc2)[C@H](OC(=O)c2ccccc2)[C@H]1O[C@H](CSc1ccccc1)c1ccccc1. The molecule has 0 unspecified atom stereocenters. The van der Waals surface area contributed by atoms with E-state index in [1.807, 2.05) is 60.7 Å². The monoisotopic (exact) mass is 818 g/mol. The van der Waals surface area contributed by atoms with Gasteiger partial charge in [-0.2, -0.15) is 0 Å². The molecule has 0 N–H and O–H groups in total. The van der Waals surface area contributed by atoms with Crippen LogP contribution >= 0.6 is 11.8 Å². The fraction of sp³-hybridized carbons (Fsp3) is 0.298. The molecule has 1 saturated heterocycles. The molecule has 9 nitrogen and oxygen atoms in total. The minimum absolute atomic E-state index is 0.272. The van der Waals surface area contributed by atoms with Gasteiger partial charge in [0.15, 0.2) is 26.8 Å². The molecule has 1 aliphatic rings. The van der Waals surface area contributed by atoms with E-state index >= 15 is 0 Å². The Morgan fingerprint density at radius 2 is 1.07 bits per heavy atom. The first-order valence-electron chi connectivity index (χ1n) is 19.4. The maximum atomic E-state index is 14.2. The average Bonchev–Trinajstić information content (AvgIpc) is 3.24. The van der Waals surface area contributed by atoms with Gasteiger partial charge < -0.3 is 28.1 Å². The molecular formula is C47H50O9SSi. The summed E-state index contributed by atoms with van der Waals surface area (Å²) in [7, 11) is -2.67. The third kappa shape index (κ3) is 11.1. The summed E-state index contributed by atoms with van der Waals surface area (Å²) in [5.74, 6) is -1.47. The summed E-state index contributed by atoms with van der Waals surface area (Å²) in [5.41, 5.74) is 1.77. The molecule has 302 valence electrons. The predicted molar refractivity (Wildman–Crippen MR) is 226 cm³/mol. The molecule has 0 radical (unpaired) electrons. The van der Waals surface area contributed by atoms with Crippen LogP contribution in [0.3, 0.4) is 0 Å². The van der Waals surface area contributed by atoms with Crippen LogP contribution in [0.25, 0.3) is 0 Å². The fourth-order valence-corrected chi connectivity index (χ4v) is 8.19. The quantitative estimate of drug-likeness (QED) is 0.0439. The molecule has 0 saturated carbocycles. The summed E-state index contributed by atoms with van der Waals surface area (Å²) in [6.07, 6.45) is -6.59. The molecule has 1 aliphatic heterocycles. The zero-order valence-corrected chi connectivity index (χ0v) is 35.2. The van der Waals surface area contributed by atoms with Crippen LogP contribution in [0.1, 0.15) is 63.5 Å². The standard InChI is InChI=1S/C47H50O9SSi/c1-47(2,3)58(4,5)56-46-42(52-39(33-21-11-6-12-22-33)32-57-37-29-19-10-20-30-37)41(55-45(50)36-27-17-9-18-28-36)40(54-44(49)35-25-15-8-16-26-35)38(53-46)31-51-43(48)34-23-13-7-14-24-34/h6-30,38-42,46H,31-32H2,1-5H3/t38-,39-,40+,41+,42-,46+/m1/s1. The maximum absolute atomic E-state index is 14.2. The van der Waals surface area contributed by atoms with E-state index in [-0.39, 0.29) is 22.8 Å². The van der Waals surface area contributed by atoms with Crippen LogP contribution in [0.15, 0.2) is 157 Å². The summed E-state index contributed by atoms with van der Waals surface area (Å²) < 4.78 is 39.6. The molecule has 11 heteroatoms. The summed E-state index contributed by atoms with van der Waals surface area (Å²) in [6, 6.07) is 45.4. The number of rotatable bonds is 15. The molecular weight excluding hydrogens is 769 g/mol. The third-order valence-corrected chi connectivity index (χ3v) is 15.8. The van der Waals surface area contributed by atoms with E-state index < -0.39 is 63.0 Å². The molecule has 58 heavy (non-hydrogen) atoms. The summed E-state index contributed by atoms with van der Waals surface area (Å²) >= 11 is 1.61. The van der Waals surface area contributed by atoms with Gasteiger partial charge in [0.1, 0.15) is 18.8 Å². The smallest absolute Gasteiger partial charge is 0.338 e. The molecule has 0 aliphatic carbocycles. The van der Waals surface area contributed by atoms with Crippen molar-refractivity contribution in [1.82, 2.24) is 0 Å². The number of hydrogen-bond acceptors (Lipinski definition) is 10. The van der Waals surface area contributed by atoms with Crippen LogP contribution < -0.4 is 0 Å². The van der Waals surface area contributed by atoms with Crippen molar-refractivity contribution in [2.24, 2.45) is 0 Å². The lowest BCUT2D eigenvalue weighted by molar-refractivity contribution is -0.296. The van der Waals surface area contributed by atoms with Crippen molar-refractivity contribution in [3.05, 3.63) is 174 Å². The van der Waals surface area contributed by atoms with Gasteiger partial charge in [0.25, 0.3) is 0 Å². The minimum Gasteiger partial charge on any atom is -0.459 e. The number of hydrogen-bond donors (Lipinski definition) is 0. The molecule has 0 bridgehead atoms. The highest BCUT2D eigenvalue weighted by Gasteiger charge is 2.55. The van der Waals surface area contributed by atoms with Crippen LogP contribution in [0.2, 0.25) is 18.1 Å². The first-order chi connectivity index (χ1) is 27.9. The van der Waals surface area contributed by atoms with Crippen LogP contribution in [-0.2, 0) is 28.1 Å². The predicted octanol–water partition coefficient (Wildman–Crippen LogP) is 9.96. The van der Waals surface area contributed by atoms with Crippen molar-refractivity contribution in [3.8, 4) is 0 Å². The maximum Gasteiger partial charge on any atom is 0.338 e. The minimum atomic E-state index is -2.67. The number of esters is 3. The third-order valence-electron chi connectivity index (χ3n) is 10.3. The van der Waals surface area contributed by atoms with Gasteiger partial charge in [-0.3, -0.25) is 0 Å². The van der Waals surface area contributed by atoms with Crippen molar-refractivity contribution in [2.75, 3.05) is 12.4 Å². The summed E-state index contributed by atoms with van der Waals surface area (Å²) in [5, 5.41) is -0.273. The Morgan fingerprint density at radius 3 is 1.57 bits per heavy atom. The Hall–Kier alpha value is -5.04. The van der Waals surface area contributed by atoms with Gasteiger partial charge in [0.05, 0.1) is 22.8 Å². The van der Waals surface area contributed by atoms with E-state index in [0.29, 0.717) is 11.3 Å². The number of carbonyl (C=O) groups excluding carboxylic acids is 3. The second-order valence-electron chi connectivity index (χ2n) is 15.5. The first kappa shape index (κ1) is 42.6. The van der Waals surface area contributed by atoms with Gasteiger partial charge in [-0.1, -0.05) is 124 Å². The van der Waals surface area contributed by atoms with E-state index in [9.17, 15) is 14.4 Å². The number of ether oxygens (including phenoxy) is 5. The lowest BCUT2D eigenvalue weighted by Gasteiger charge is -2.49.